The molecule has 3 fully saturated rings. The summed E-state index contributed by atoms with van der Waals surface area (Å²) in [6.45, 7) is 5.02. The average Bonchev–Trinajstić information content (AvgIpc) is 3.60. The third-order valence-corrected chi connectivity index (χ3v) is 12.0. The lowest BCUT2D eigenvalue weighted by atomic mass is 9.82. The first-order valence-electron chi connectivity index (χ1n) is 18.3. The Hall–Kier alpha value is -5.35. The fourth-order valence-corrected chi connectivity index (χ4v) is 9.05. The maximum absolute atomic E-state index is 13.2. The Bertz CT molecular complexity index is 2270. The number of thiazole rings is 1. The number of imide groups is 1. The summed E-state index contributed by atoms with van der Waals surface area (Å²) < 4.78 is 45.9. The maximum atomic E-state index is 13.2. The largest absolute Gasteiger partial charge is 0.494 e. The summed E-state index contributed by atoms with van der Waals surface area (Å²) in [5, 5.41) is 8.03. The van der Waals surface area contributed by atoms with Gasteiger partial charge in [-0.15, -0.1) is 11.3 Å². The number of piperazine rings is 1. The van der Waals surface area contributed by atoms with Gasteiger partial charge in [0, 0.05) is 80.3 Å². The van der Waals surface area contributed by atoms with Crippen LogP contribution in [0.25, 0.3) is 21.0 Å². The van der Waals surface area contributed by atoms with Crippen molar-refractivity contribution in [1.82, 2.24) is 25.2 Å². The molecule has 0 radical (unpaired) electrons. The second-order valence-electron chi connectivity index (χ2n) is 14.2. The lowest BCUT2D eigenvalue weighted by Crippen LogP contribution is -2.49. The minimum Gasteiger partial charge on any atom is -0.494 e. The van der Waals surface area contributed by atoms with Crippen molar-refractivity contribution in [2.45, 2.75) is 44.2 Å². The number of nitrogens with zero attached hydrogens (tertiary/aromatic N) is 6. The first-order valence-corrected chi connectivity index (χ1v) is 19.1. The number of ether oxygens (including phenoxy) is 1. The fraction of sp³-hybridized carbons (Fsp3) is 0.385. The lowest BCUT2D eigenvalue weighted by Gasteiger charge is -2.39. The van der Waals surface area contributed by atoms with Gasteiger partial charge in [-0.1, -0.05) is 18.2 Å². The molecule has 5 aromatic rings. The molecule has 1 saturated carbocycles. The van der Waals surface area contributed by atoms with Gasteiger partial charge in [0.1, 0.15) is 17.1 Å². The molecule has 8 rings (SSSR count). The number of anilines is 3. The molecule has 55 heavy (non-hydrogen) atoms. The average molecular weight is 773 g/mol. The number of urea groups is 1. The van der Waals surface area contributed by atoms with Crippen LogP contribution in [0.2, 0.25) is 0 Å². The Morgan fingerprint density at radius 1 is 0.945 bits per heavy atom. The molecule has 16 heteroatoms. The second kappa shape index (κ2) is 15.1. The highest BCUT2D eigenvalue weighted by atomic mass is 32.1. The van der Waals surface area contributed by atoms with E-state index in [4.69, 9.17) is 9.72 Å². The van der Waals surface area contributed by atoms with Crippen LogP contribution in [0.5, 0.6) is 5.75 Å². The van der Waals surface area contributed by atoms with E-state index in [-0.39, 0.29) is 18.0 Å². The highest BCUT2D eigenvalue weighted by Gasteiger charge is 2.33. The first-order chi connectivity index (χ1) is 26.5. The summed E-state index contributed by atoms with van der Waals surface area (Å²) in [5.41, 5.74) is 1.40. The number of carbonyl (C=O) groups is 3. The number of nitrogens with one attached hydrogen (secondary N) is 2. The minimum atomic E-state index is -4.66. The molecule has 2 aromatic carbocycles. The lowest BCUT2D eigenvalue weighted by molar-refractivity contribution is -0.141. The van der Waals surface area contributed by atoms with Crippen LogP contribution >= 0.6 is 11.3 Å². The number of methoxy groups -OCH3 is 1. The van der Waals surface area contributed by atoms with Crippen molar-refractivity contribution in [1.29, 1.82) is 0 Å². The number of halogens is 3. The van der Waals surface area contributed by atoms with Gasteiger partial charge in [-0.2, -0.15) is 13.2 Å². The van der Waals surface area contributed by atoms with Gasteiger partial charge < -0.3 is 15.0 Å². The number of hydrogen-bond donors (Lipinski definition) is 2. The van der Waals surface area contributed by atoms with E-state index in [1.54, 1.807) is 34.6 Å². The van der Waals surface area contributed by atoms with Crippen molar-refractivity contribution in [3.8, 4) is 5.75 Å². The molecular formula is C39H39F3N8O4S. The predicted octanol–water partition coefficient (Wildman–Crippen LogP) is 7.06. The number of amides is 4. The smallest absolute Gasteiger partial charge is 0.433 e. The molecule has 286 valence electrons. The SMILES string of the molecule is COc1cc2nc([C@H]3CC[C@H](CN4CCN(c5cccc6c(N7CCC(=O)NC7=O)cncc56)CC4)CC3)sc2cc1NC(=O)c1cccc(C(F)(F)F)n1. The van der Waals surface area contributed by atoms with E-state index in [2.05, 4.69) is 36.5 Å². The monoisotopic (exact) mass is 772 g/mol. The van der Waals surface area contributed by atoms with Gasteiger partial charge in [-0.25, -0.2) is 14.8 Å². The molecule has 5 heterocycles. The van der Waals surface area contributed by atoms with Crippen molar-refractivity contribution in [3.05, 3.63) is 77.3 Å². The molecule has 2 N–H and O–H groups in total. The number of alkyl halides is 3. The summed E-state index contributed by atoms with van der Waals surface area (Å²) in [6, 6.07) is 12.4. The minimum absolute atomic E-state index is 0.254. The van der Waals surface area contributed by atoms with Crippen molar-refractivity contribution >= 4 is 67.2 Å². The normalized spacial score (nSPS) is 19.9. The molecule has 3 aliphatic rings. The van der Waals surface area contributed by atoms with Gasteiger partial charge in [0.2, 0.25) is 5.91 Å². The predicted molar refractivity (Wildman–Crippen MR) is 204 cm³/mol. The Morgan fingerprint density at radius 3 is 2.47 bits per heavy atom. The molecule has 0 bridgehead atoms. The van der Waals surface area contributed by atoms with Crippen molar-refractivity contribution in [3.63, 3.8) is 0 Å². The third-order valence-electron chi connectivity index (χ3n) is 10.8. The van der Waals surface area contributed by atoms with E-state index >= 15 is 0 Å². The van der Waals surface area contributed by atoms with Crippen LogP contribution < -0.4 is 25.2 Å². The number of rotatable bonds is 8. The zero-order valence-electron chi connectivity index (χ0n) is 30.1. The Balaban J connectivity index is 0.867. The van der Waals surface area contributed by atoms with Crippen LogP contribution in [0, 0.1) is 5.92 Å². The standard InChI is InChI=1S/C39H39F3N8O4S/c1-54-32-18-29-33(19-28(32)45-36(52)27-5-3-7-34(44-27)39(40,41)42)55-37(46-29)24-10-8-23(9-11-24)22-48-14-16-49(17-15-48)30-6-2-4-25-26(30)20-43-21-31(25)50-13-12-35(51)47-38(50)53/h2-7,18-21,23-24H,8-17,22H2,1H3,(H,45,52)(H,47,51,53)/t23-,24-. The molecule has 0 spiro atoms. The van der Waals surface area contributed by atoms with Crippen LogP contribution in [0.1, 0.15) is 59.2 Å². The number of carbonyl (C=O) groups excluding carboxylic acids is 3. The van der Waals surface area contributed by atoms with Gasteiger partial charge in [0.15, 0.2) is 0 Å². The quantitative estimate of drug-likeness (QED) is 0.170. The molecule has 3 aromatic heterocycles. The number of fused-ring (bicyclic) bond motifs is 2. The molecule has 2 aliphatic heterocycles. The van der Waals surface area contributed by atoms with Crippen molar-refractivity contribution < 1.29 is 32.3 Å². The van der Waals surface area contributed by atoms with Gasteiger partial charge in [-0.3, -0.25) is 29.7 Å². The Kier molecular flexibility index (Phi) is 10.0. The van der Waals surface area contributed by atoms with Crippen LogP contribution in [0.15, 0.2) is 60.9 Å². The zero-order valence-corrected chi connectivity index (χ0v) is 30.9. The summed E-state index contributed by atoms with van der Waals surface area (Å²) in [4.78, 5) is 56.6. The summed E-state index contributed by atoms with van der Waals surface area (Å²) >= 11 is 1.57. The highest BCUT2D eigenvalue weighted by Crippen LogP contribution is 2.42. The molecule has 4 amide bonds. The summed E-state index contributed by atoms with van der Waals surface area (Å²) in [5.74, 6) is 0.247. The van der Waals surface area contributed by atoms with E-state index in [1.807, 2.05) is 18.3 Å². The van der Waals surface area contributed by atoms with E-state index in [1.165, 1.54) is 13.2 Å². The van der Waals surface area contributed by atoms with Gasteiger partial charge in [0.05, 0.1) is 39.9 Å². The summed E-state index contributed by atoms with van der Waals surface area (Å²) in [7, 11) is 1.47. The Labute approximate surface area is 318 Å². The highest BCUT2D eigenvalue weighted by molar-refractivity contribution is 7.18. The number of aromatic nitrogens is 3. The van der Waals surface area contributed by atoms with Crippen LogP contribution in [-0.2, 0) is 11.0 Å². The van der Waals surface area contributed by atoms with E-state index in [9.17, 15) is 27.6 Å². The van der Waals surface area contributed by atoms with E-state index < -0.39 is 23.8 Å². The molecule has 2 saturated heterocycles. The van der Waals surface area contributed by atoms with E-state index in [0.29, 0.717) is 35.5 Å². The van der Waals surface area contributed by atoms with Gasteiger partial charge >= 0.3 is 12.2 Å². The zero-order chi connectivity index (χ0) is 38.3. The van der Waals surface area contributed by atoms with Crippen molar-refractivity contribution in [2.75, 3.05) is 61.5 Å². The molecule has 12 nitrogen and oxygen atoms in total. The molecule has 0 unspecified atom stereocenters. The van der Waals surface area contributed by atoms with Gasteiger partial charge in [-0.05, 0) is 55.9 Å². The van der Waals surface area contributed by atoms with E-state index in [0.717, 1.165) is 102 Å². The topological polar surface area (TPSA) is 133 Å². The van der Waals surface area contributed by atoms with Gasteiger partial charge in [0.25, 0.3) is 5.91 Å². The Morgan fingerprint density at radius 2 is 1.73 bits per heavy atom. The van der Waals surface area contributed by atoms with Crippen molar-refractivity contribution in [2.24, 2.45) is 5.92 Å². The first kappa shape index (κ1) is 36.6. The van der Waals surface area contributed by atoms with Crippen LogP contribution in [0.4, 0.5) is 35.0 Å². The molecule has 0 atom stereocenters. The van der Waals surface area contributed by atoms with Crippen LogP contribution in [0.3, 0.4) is 0 Å². The number of hydrogen-bond acceptors (Lipinski definition) is 10. The summed E-state index contributed by atoms with van der Waals surface area (Å²) in [6.07, 6.45) is 3.39. The number of benzene rings is 2. The number of pyridine rings is 2. The maximum Gasteiger partial charge on any atom is 0.433 e. The third kappa shape index (κ3) is 7.65. The second-order valence-corrected chi connectivity index (χ2v) is 15.3. The van der Waals surface area contributed by atoms with Crippen LogP contribution in [-0.4, -0.2) is 84.1 Å². The fourth-order valence-electron chi connectivity index (χ4n) is 7.90. The molecule has 1 aliphatic carbocycles. The molecular weight excluding hydrogens is 734 g/mol.